The fraction of sp³-hybridized carbons (Fsp3) is 0.0909. The van der Waals surface area contributed by atoms with Crippen molar-refractivity contribution in [2.24, 2.45) is 0 Å². The zero-order valence-electron chi connectivity index (χ0n) is 7.84. The van der Waals surface area contributed by atoms with E-state index in [2.05, 4.69) is 15.9 Å². The van der Waals surface area contributed by atoms with Crippen LogP contribution in [-0.2, 0) is 6.42 Å². The van der Waals surface area contributed by atoms with Crippen LogP contribution < -0.4 is 5.73 Å². The van der Waals surface area contributed by atoms with Crippen LogP contribution in [0.5, 0.6) is 0 Å². The molecular formula is C11H9BrFNS. The monoisotopic (exact) mass is 285 g/mol. The summed E-state index contributed by atoms with van der Waals surface area (Å²) in [5.41, 5.74) is 6.74. The van der Waals surface area contributed by atoms with Gasteiger partial charge in [0.05, 0.1) is 9.47 Å². The smallest absolute Gasteiger partial charge is 0.146 e. The quantitative estimate of drug-likeness (QED) is 0.834. The van der Waals surface area contributed by atoms with Crippen LogP contribution in [0, 0.1) is 5.82 Å². The molecule has 78 valence electrons. The Labute approximate surface area is 99.9 Å². The molecule has 0 bridgehead atoms. The minimum atomic E-state index is -0.344. The predicted octanol–water partition coefficient (Wildman–Crippen LogP) is 3.82. The summed E-state index contributed by atoms with van der Waals surface area (Å²) < 4.78 is 14.2. The third-order valence-electron chi connectivity index (χ3n) is 2.14. The van der Waals surface area contributed by atoms with Gasteiger partial charge in [0.1, 0.15) is 5.82 Å². The van der Waals surface area contributed by atoms with Crippen LogP contribution in [-0.4, -0.2) is 0 Å². The molecule has 4 heteroatoms. The highest BCUT2D eigenvalue weighted by Gasteiger charge is 2.06. The molecule has 0 unspecified atom stereocenters. The maximum Gasteiger partial charge on any atom is 0.146 e. The normalized spacial score (nSPS) is 10.5. The Balaban J connectivity index is 2.28. The van der Waals surface area contributed by atoms with E-state index in [4.69, 9.17) is 5.73 Å². The van der Waals surface area contributed by atoms with Crippen LogP contribution in [0.3, 0.4) is 0 Å². The van der Waals surface area contributed by atoms with Crippen molar-refractivity contribution < 1.29 is 4.39 Å². The second-order valence-corrected chi connectivity index (χ2v) is 5.74. The fourth-order valence-electron chi connectivity index (χ4n) is 1.37. The van der Waals surface area contributed by atoms with Gasteiger partial charge in [-0.2, -0.15) is 0 Å². The summed E-state index contributed by atoms with van der Waals surface area (Å²) in [7, 11) is 0. The van der Waals surface area contributed by atoms with Gasteiger partial charge < -0.3 is 5.73 Å². The van der Waals surface area contributed by atoms with Gasteiger partial charge in [0.15, 0.2) is 0 Å². The molecule has 1 aromatic heterocycles. The Hall–Kier alpha value is -0.870. The minimum absolute atomic E-state index is 0.252. The maximum atomic E-state index is 13.2. The van der Waals surface area contributed by atoms with Crippen LogP contribution in [0.4, 0.5) is 10.1 Å². The first kappa shape index (κ1) is 10.6. The van der Waals surface area contributed by atoms with Gasteiger partial charge in [0.25, 0.3) is 0 Å². The number of nitrogen functional groups attached to an aromatic ring is 1. The van der Waals surface area contributed by atoms with Crippen molar-refractivity contribution in [1.29, 1.82) is 0 Å². The fourth-order valence-corrected chi connectivity index (χ4v) is 2.88. The molecule has 2 aromatic rings. The maximum absolute atomic E-state index is 13.2. The van der Waals surface area contributed by atoms with Crippen molar-refractivity contribution in [1.82, 2.24) is 0 Å². The Morgan fingerprint density at radius 3 is 2.73 bits per heavy atom. The SMILES string of the molecule is Nc1c(F)cccc1Cc1ccc(Br)s1. The van der Waals surface area contributed by atoms with Crippen molar-refractivity contribution in [3.8, 4) is 0 Å². The van der Waals surface area contributed by atoms with Crippen molar-refractivity contribution in [2.45, 2.75) is 6.42 Å². The number of anilines is 1. The topological polar surface area (TPSA) is 26.0 Å². The van der Waals surface area contributed by atoms with Crippen LogP contribution in [0.2, 0.25) is 0 Å². The average molecular weight is 286 g/mol. The van der Waals surface area contributed by atoms with Crippen molar-refractivity contribution in [2.75, 3.05) is 5.73 Å². The molecular weight excluding hydrogens is 277 g/mol. The Kier molecular flexibility index (Phi) is 3.07. The van der Waals surface area contributed by atoms with Gasteiger partial charge >= 0.3 is 0 Å². The van der Waals surface area contributed by atoms with Crippen LogP contribution in [0.15, 0.2) is 34.1 Å². The Morgan fingerprint density at radius 2 is 2.07 bits per heavy atom. The molecule has 2 N–H and O–H groups in total. The highest BCUT2D eigenvalue weighted by Crippen LogP contribution is 2.26. The highest BCUT2D eigenvalue weighted by atomic mass is 79.9. The predicted molar refractivity (Wildman–Crippen MR) is 65.6 cm³/mol. The molecule has 0 aliphatic rings. The van der Waals surface area contributed by atoms with E-state index in [0.717, 1.165) is 9.35 Å². The molecule has 0 atom stereocenters. The Morgan fingerprint density at radius 1 is 1.27 bits per heavy atom. The van der Waals surface area contributed by atoms with E-state index < -0.39 is 0 Å². The molecule has 1 nitrogen and oxygen atoms in total. The number of hydrogen-bond acceptors (Lipinski definition) is 2. The van der Waals surface area contributed by atoms with Gasteiger partial charge in [0.2, 0.25) is 0 Å². The van der Waals surface area contributed by atoms with Gasteiger partial charge in [0, 0.05) is 11.3 Å². The summed E-state index contributed by atoms with van der Waals surface area (Å²) >= 11 is 5.03. The number of halogens is 2. The zero-order valence-corrected chi connectivity index (χ0v) is 10.2. The van der Waals surface area contributed by atoms with E-state index in [1.54, 1.807) is 17.4 Å². The molecule has 2 rings (SSSR count). The molecule has 0 saturated carbocycles. The van der Waals surface area contributed by atoms with Crippen molar-refractivity contribution in [3.63, 3.8) is 0 Å². The van der Waals surface area contributed by atoms with E-state index in [0.29, 0.717) is 6.42 Å². The molecule has 0 aliphatic carbocycles. The lowest BCUT2D eigenvalue weighted by atomic mass is 10.1. The number of thiophene rings is 1. The number of nitrogens with two attached hydrogens (primary N) is 1. The number of rotatable bonds is 2. The minimum Gasteiger partial charge on any atom is -0.396 e. The van der Waals surface area contributed by atoms with E-state index in [1.165, 1.54) is 10.9 Å². The van der Waals surface area contributed by atoms with E-state index in [1.807, 2.05) is 18.2 Å². The second kappa shape index (κ2) is 4.33. The molecule has 0 aliphatic heterocycles. The van der Waals surface area contributed by atoms with Crippen LogP contribution in [0.25, 0.3) is 0 Å². The van der Waals surface area contributed by atoms with E-state index in [9.17, 15) is 4.39 Å². The molecule has 15 heavy (non-hydrogen) atoms. The number of hydrogen-bond donors (Lipinski definition) is 1. The molecule has 0 radical (unpaired) electrons. The average Bonchev–Trinajstić information content (AvgIpc) is 2.59. The molecule has 0 fully saturated rings. The van der Waals surface area contributed by atoms with Crippen LogP contribution in [0.1, 0.15) is 10.4 Å². The molecule has 0 saturated heterocycles. The second-order valence-electron chi connectivity index (χ2n) is 3.20. The standard InChI is InChI=1S/C11H9BrFNS/c12-10-5-4-8(15-10)6-7-2-1-3-9(13)11(7)14/h1-5H,6,14H2. The third kappa shape index (κ3) is 2.38. The van der Waals surface area contributed by atoms with Gasteiger partial charge in [-0.1, -0.05) is 12.1 Å². The lowest BCUT2D eigenvalue weighted by Gasteiger charge is -2.04. The largest absolute Gasteiger partial charge is 0.396 e. The lowest BCUT2D eigenvalue weighted by molar-refractivity contribution is 0.631. The summed E-state index contributed by atoms with van der Waals surface area (Å²) in [4.78, 5) is 1.17. The van der Waals surface area contributed by atoms with Gasteiger partial charge in [-0.05, 0) is 39.7 Å². The first-order valence-electron chi connectivity index (χ1n) is 4.44. The third-order valence-corrected chi connectivity index (χ3v) is 3.76. The highest BCUT2D eigenvalue weighted by molar-refractivity contribution is 9.11. The van der Waals surface area contributed by atoms with Crippen molar-refractivity contribution in [3.05, 3.63) is 50.4 Å². The number of benzene rings is 1. The molecule has 0 amide bonds. The summed E-state index contributed by atoms with van der Waals surface area (Å²) in [5, 5.41) is 0. The van der Waals surface area contributed by atoms with Gasteiger partial charge in [-0.25, -0.2) is 4.39 Å². The van der Waals surface area contributed by atoms with Gasteiger partial charge in [-0.3, -0.25) is 0 Å². The first-order valence-corrected chi connectivity index (χ1v) is 6.05. The summed E-state index contributed by atoms with van der Waals surface area (Å²) in [6.45, 7) is 0. The number of para-hydroxylation sites is 1. The molecule has 1 aromatic carbocycles. The molecule has 0 spiro atoms. The molecule has 1 heterocycles. The van der Waals surface area contributed by atoms with E-state index >= 15 is 0 Å². The van der Waals surface area contributed by atoms with Crippen molar-refractivity contribution >= 4 is 33.0 Å². The van der Waals surface area contributed by atoms with Gasteiger partial charge in [-0.15, -0.1) is 11.3 Å². The zero-order chi connectivity index (χ0) is 10.8. The first-order chi connectivity index (χ1) is 7.16. The summed E-state index contributed by atoms with van der Waals surface area (Å²) in [5.74, 6) is -0.344. The van der Waals surface area contributed by atoms with Crippen LogP contribution >= 0.6 is 27.3 Å². The van der Waals surface area contributed by atoms with E-state index in [-0.39, 0.29) is 11.5 Å². The Bertz CT molecular complexity index is 481. The lowest BCUT2D eigenvalue weighted by Crippen LogP contribution is -1.97. The summed E-state index contributed by atoms with van der Waals surface area (Å²) in [6, 6.07) is 8.91. The summed E-state index contributed by atoms with van der Waals surface area (Å²) in [6.07, 6.45) is 0.680.